The van der Waals surface area contributed by atoms with Crippen molar-refractivity contribution in [1.82, 2.24) is 19.7 Å². The first kappa shape index (κ1) is 21.7. The molecule has 0 saturated heterocycles. The SMILES string of the molecule is CCOC(=O)n1cc(NC(=O)CCN(C=O)c2cccc(-c3noc(C)n3)c2)nc1C. The zero-order valence-electron chi connectivity index (χ0n) is 17.4. The van der Waals surface area contributed by atoms with Crippen LogP contribution in [-0.2, 0) is 14.3 Å². The fourth-order valence-electron chi connectivity index (χ4n) is 2.82. The zero-order valence-corrected chi connectivity index (χ0v) is 17.4. The van der Waals surface area contributed by atoms with Gasteiger partial charge in [0.05, 0.1) is 12.8 Å². The van der Waals surface area contributed by atoms with Gasteiger partial charge in [0.1, 0.15) is 5.82 Å². The Labute approximate surface area is 178 Å². The summed E-state index contributed by atoms with van der Waals surface area (Å²) in [6, 6.07) is 7.04. The van der Waals surface area contributed by atoms with E-state index >= 15 is 0 Å². The van der Waals surface area contributed by atoms with E-state index in [-0.39, 0.29) is 31.3 Å². The van der Waals surface area contributed by atoms with E-state index in [2.05, 4.69) is 20.4 Å². The smallest absolute Gasteiger partial charge is 0.419 e. The van der Waals surface area contributed by atoms with Gasteiger partial charge in [-0.05, 0) is 26.0 Å². The molecule has 3 aromatic rings. The molecule has 0 bridgehead atoms. The summed E-state index contributed by atoms with van der Waals surface area (Å²) >= 11 is 0. The maximum Gasteiger partial charge on any atom is 0.419 e. The molecule has 2 amide bonds. The van der Waals surface area contributed by atoms with Crippen molar-refractivity contribution in [3.8, 4) is 11.4 Å². The van der Waals surface area contributed by atoms with Gasteiger partial charge >= 0.3 is 6.09 Å². The van der Waals surface area contributed by atoms with Crippen molar-refractivity contribution in [2.45, 2.75) is 27.2 Å². The number of carbonyl (C=O) groups excluding carboxylic acids is 3. The number of nitrogens with one attached hydrogen (secondary N) is 1. The van der Waals surface area contributed by atoms with Gasteiger partial charge in [-0.3, -0.25) is 9.59 Å². The number of benzene rings is 1. The maximum absolute atomic E-state index is 12.3. The minimum absolute atomic E-state index is 0.0234. The molecule has 1 N–H and O–H groups in total. The molecule has 162 valence electrons. The molecule has 2 heterocycles. The van der Waals surface area contributed by atoms with Gasteiger partial charge in [0.15, 0.2) is 5.82 Å². The summed E-state index contributed by atoms with van der Waals surface area (Å²) in [5, 5.41) is 6.48. The van der Waals surface area contributed by atoms with Crippen LogP contribution >= 0.6 is 0 Å². The minimum Gasteiger partial charge on any atom is -0.449 e. The lowest BCUT2D eigenvalue weighted by molar-refractivity contribution is -0.116. The molecule has 0 spiro atoms. The van der Waals surface area contributed by atoms with Crippen molar-refractivity contribution in [3.05, 3.63) is 42.2 Å². The molecule has 2 aromatic heterocycles. The standard InChI is InChI=1S/C20H22N6O5/c1-4-30-20(29)26-11-17(21-13(26)2)23-18(28)8-9-25(12-27)16-7-5-6-15(10-16)19-22-14(3)31-24-19/h5-7,10-12H,4,8-9H2,1-3H3,(H,23,28). The van der Waals surface area contributed by atoms with E-state index < -0.39 is 6.09 Å². The largest absolute Gasteiger partial charge is 0.449 e. The number of rotatable bonds is 8. The van der Waals surface area contributed by atoms with Crippen molar-refractivity contribution < 1.29 is 23.6 Å². The third kappa shape index (κ3) is 5.32. The van der Waals surface area contributed by atoms with Crippen LogP contribution in [0, 0.1) is 13.8 Å². The molecule has 0 aliphatic heterocycles. The molecule has 1 aromatic carbocycles. The molecule has 0 radical (unpaired) electrons. The fourth-order valence-corrected chi connectivity index (χ4v) is 2.82. The van der Waals surface area contributed by atoms with E-state index in [4.69, 9.17) is 9.26 Å². The summed E-state index contributed by atoms with van der Waals surface area (Å²) in [5.74, 6) is 1.10. The predicted molar refractivity (Wildman–Crippen MR) is 111 cm³/mol. The Kier molecular flexibility index (Phi) is 6.75. The highest BCUT2D eigenvalue weighted by Gasteiger charge is 2.15. The summed E-state index contributed by atoms with van der Waals surface area (Å²) in [4.78, 5) is 45.4. The number of imidazole rings is 1. The van der Waals surface area contributed by atoms with Crippen LogP contribution in [0.25, 0.3) is 11.4 Å². The Hall–Kier alpha value is -4.02. The molecule has 11 heteroatoms. The lowest BCUT2D eigenvalue weighted by Gasteiger charge is -2.17. The molecule has 0 atom stereocenters. The minimum atomic E-state index is -0.572. The lowest BCUT2D eigenvalue weighted by atomic mass is 10.1. The molecule has 0 unspecified atom stereocenters. The third-order valence-electron chi connectivity index (χ3n) is 4.28. The molecule has 0 saturated carbocycles. The fraction of sp³-hybridized carbons (Fsp3) is 0.300. The van der Waals surface area contributed by atoms with Crippen LogP contribution in [0.15, 0.2) is 35.0 Å². The molecule has 0 aliphatic carbocycles. The van der Waals surface area contributed by atoms with E-state index in [1.54, 1.807) is 45.0 Å². The number of hydrogen-bond acceptors (Lipinski definition) is 8. The number of carbonyl (C=O) groups is 3. The average molecular weight is 426 g/mol. The van der Waals surface area contributed by atoms with Crippen LogP contribution in [0.5, 0.6) is 0 Å². The summed E-state index contributed by atoms with van der Waals surface area (Å²) in [7, 11) is 0. The lowest BCUT2D eigenvalue weighted by Crippen LogP contribution is -2.26. The second kappa shape index (κ2) is 9.65. The van der Waals surface area contributed by atoms with Crippen LogP contribution in [0.2, 0.25) is 0 Å². The normalized spacial score (nSPS) is 10.5. The zero-order chi connectivity index (χ0) is 22.4. The van der Waals surface area contributed by atoms with E-state index in [1.165, 1.54) is 15.7 Å². The van der Waals surface area contributed by atoms with E-state index in [1.807, 2.05) is 0 Å². The van der Waals surface area contributed by atoms with Gasteiger partial charge in [-0.2, -0.15) is 4.98 Å². The third-order valence-corrected chi connectivity index (χ3v) is 4.28. The van der Waals surface area contributed by atoms with Gasteiger partial charge in [0.25, 0.3) is 0 Å². The summed E-state index contributed by atoms with van der Waals surface area (Å²) in [6.07, 6.45) is 1.49. The van der Waals surface area contributed by atoms with Gasteiger partial charge < -0.3 is 19.5 Å². The summed E-state index contributed by atoms with van der Waals surface area (Å²) in [6.45, 7) is 5.38. The van der Waals surface area contributed by atoms with Crippen LogP contribution in [0.4, 0.5) is 16.3 Å². The van der Waals surface area contributed by atoms with Crippen LogP contribution < -0.4 is 10.2 Å². The molecular weight excluding hydrogens is 404 g/mol. The first-order chi connectivity index (χ1) is 14.9. The Balaban J connectivity index is 1.62. The Morgan fingerprint density at radius 1 is 1.29 bits per heavy atom. The van der Waals surface area contributed by atoms with Gasteiger partial charge in [-0.15, -0.1) is 0 Å². The first-order valence-corrected chi connectivity index (χ1v) is 9.57. The van der Waals surface area contributed by atoms with Crippen molar-refractivity contribution in [1.29, 1.82) is 0 Å². The molecule has 31 heavy (non-hydrogen) atoms. The highest BCUT2D eigenvalue weighted by atomic mass is 16.5. The Bertz CT molecular complexity index is 1090. The van der Waals surface area contributed by atoms with Crippen molar-refractivity contribution in [2.75, 3.05) is 23.4 Å². The van der Waals surface area contributed by atoms with Gasteiger partial charge in [0, 0.05) is 31.1 Å². The molecule has 0 fully saturated rings. The van der Waals surface area contributed by atoms with Crippen LogP contribution in [0.3, 0.4) is 0 Å². The topological polar surface area (TPSA) is 132 Å². The predicted octanol–water partition coefficient (Wildman–Crippen LogP) is 2.55. The first-order valence-electron chi connectivity index (χ1n) is 9.57. The second-order valence-corrected chi connectivity index (χ2v) is 6.53. The highest BCUT2D eigenvalue weighted by molar-refractivity contribution is 5.91. The summed E-state index contributed by atoms with van der Waals surface area (Å²) < 4.78 is 11.1. The monoisotopic (exact) mass is 426 g/mol. The van der Waals surface area contributed by atoms with Crippen molar-refractivity contribution >= 4 is 29.9 Å². The maximum atomic E-state index is 12.3. The van der Waals surface area contributed by atoms with Gasteiger partial charge in [0.2, 0.25) is 24.0 Å². The van der Waals surface area contributed by atoms with Gasteiger partial charge in [-0.1, -0.05) is 17.3 Å². The number of aryl methyl sites for hydroxylation is 2. The Morgan fingerprint density at radius 3 is 2.77 bits per heavy atom. The van der Waals surface area contributed by atoms with Crippen molar-refractivity contribution in [2.24, 2.45) is 0 Å². The quantitative estimate of drug-likeness (QED) is 0.544. The van der Waals surface area contributed by atoms with Crippen LogP contribution in [0.1, 0.15) is 25.1 Å². The molecule has 11 nitrogen and oxygen atoms in total. The number of anilines is 2. The number of ether oxygens (including phenoxy) is 1. The molecule has 3 rings (SSSR count). The van der Waals surface area contributed by atoms with Crippen LogP contribution in [-0.4, -0.2) is 51.3 Å². The van der Waals surface area contributed by atoms with E-state index in [0.29, 0.717) is 35.2 Å². The molecular formula is C20H22N6O5. The second-order valence-electron chi connectivity index (χ2n) is 6.53. The summed E-state index contributed by atoms with van der Waals surface area (Å²) in [5.41, 5.74) is 1.27. The number of nitrogens with zero attached hydrogens (tertiary/aromatic N) is 5. The van der Waals surface area contributed by atoms with E-state index in [0.717, 1.165) is 0 Å². The van der Waals surface area contributed by atoms with E-state index in [9.17, 15) is 14.4 Å². The number of amides is 2. The number of aromatic nitrogens is 4. The van der Waals surface area contributed by atoms with Crippen molar-refractivity contribution in [3.63, 3.8) is 0 Å². The average Bonchev–Trinajstić information content (AvgIpc) is 3.34. The number of hydrogen-bond donors (Lipinski definition) is 1. The van der Waals surface area contributed by atoms with Gasteiger partial charge in [-0.25, -0.2) is 14.3 Å². The Morgan fingerprint density at radius 2 is 2.10 bits per heavy atom. The highest BCUT2D eigenvalue weighted by Crippen LogP contribution is 2.22. The molecule has 0 aliphatic rings.